The predicted molar refractivity (Wildman–Crippen MR) is 98.1 cm³/mol. The van der Waals surface area contributed by atoms with Gasteiger partial charge in [-0.2, -0.15) is 0 Å². The Bertz CT molecular complexity index is 794. The molecule has 0 saturated heterocycles. The minimum absolute atomic E-state index is 0.421. The van der Waals surface area contributed by atoms with Gasteiger partial charge in [-0.25, -0.2) is 14.2 Å². The van der Waals surface area contributed by atoms with Gasteiger partial charge in [0.05, 0.1) is 0 Å². The van der Waals surface area contributed by atoms with Gasteiger partial charge in [0.25, 0.3) is 5.56 Å². The minimum atomic E-state index is -0.709. The van der Waals surface area contributed by atoms with E-state index in [4.69, 9.17) is 0 Å². The molecule has 6 nitrogen and oxygen atoms in total. The lowest BCUT2D eigenvalue weighted by atomic mass is 10.1. The number of rotatable bonds is 8. The van der Waals surface area contributed by atoms with Crippen molar-refractivity contribution in [3.8, 4) is 0 Å². The van der Waals surface area contributed by atoms with Crippen molar-refractivity contribution in [2.45, 2.75) is 45.4 Å². The molecule has 0 aliphatic rings. The fourth-order valence-electron chi connectivity index (χ4n) is 2.60. The fourth-order valence-corrected chi connectivity index (χ4v) is 2.60. The van der Waals surface area contributed by atoms with Crippen molar-refractivity contribution < 1.29 is 4.79 Å². The Balaban J connectivity index is 2.02. The number of nitrogens with zero attached hydrogens (tertiary/aromatic N) is 1. The third kappa shape index (κ3) is 5.74. The standard InChI is InChI=1S/C19H25N3O3/c1-2-3-4-8-13-20-18(24)22-14-16(17(23)21-19(22)25)12-11-15-9-6-5-7-10-15/h5-7,9-10,14H,2-4,8,11-13H2,1H3,(H,20,24)(H,21,23,25). The first-order valence-corrected chi connectivity index (χ1v) is 8.78. The summed E-state index contributed by atoms with van der Waals surface area (Å²) in [6.07, 6.45) is 6.64. The molecule has 2 N–H and O–H groups in total. The molecule has 0 radical (unpaired) electrons. The first kappa shape index (κ1) is 18.7. The van der Waals surface area contributed by atoms with Crippen LogP contribution in [0, 0.1) is 0 Å². The van der Waals surface area contributed by atoms with Gasteiger partial charge in [-0.3, -0.25) is 9.78 Å². The van der Waals surface area contributed by atoms with Gasteiger partial charge < -0.3 is 5.32 Å². The highest BCUT2D eigenvalue weighted by Crippen LogP contribution is 2.03. The van der Waals surface area contributed by atoms with Crippen LogP contribution in [0.15, 0.2) is 46.1 Å². The monoisotopic (exact) mass is 343 g/mol. The summed E-state index contributed by atoms with van der Waals surface area (Å²) in [5, 5.41) is 2.72. The second kappa shape index (κ2) is 9.61. The van der Waals surface area contributed by atoms with E-state index in [2.05, 4.69) is 17.2 Å². The molecule has 0 aliphatic carbocycles. The van der Waals surface area contributed by atoms with Crippen molar-refractivity contribution in [2.24, 2.45) is 0 Å². The lowest BCUT2D eigenvalue weighted by Crippen LogP contribution is -2.41. The molecule has 1 aromatic heterocycles. The average Bonchev–Trinajstić information content (AvgIpc) is 2.61. The highest BCUT2D eigenvalue weighted by Gasteiger charge is 2.10. The van der Waals surface area contributed by atoms with Gasteiger partial charge in [0.2, 0.25) is 0 Å². The molecule has 0 aliphatic heterocycles. The van der Waals surface area contributed by atoms with E-state index in [-0.39, 0.29) is 0 Å². The van der Waals surface area contributed by atoms with Crippen LogP contribution in [-0.2, 0) is 12.8 Å². The molecule has 6 heteroatoms. The predicted octanol–water partition coefficient (Wildman–Crippen LogP) is 2.46. The fraction of sp³-hybridized carbons (Fsp3) is 0.421. The highest BCUT2D eigenvalue weighted by molar-refractivity contribution is 5.76. The molecule has 1 amide bonds. The first-order valence-electron chi connectivity index (χ1n) is 8.78. The van der Waals surface area contributed by atoms with Crippen molar-refractivity contribution in [1.82, 2.24) is 14.9 Å². The largest absolute Gasteiger partial charge is 0.337 e. The molecule has 1 aromatic carbocycles. The topological polar surface area (TPSA) is 84.0 Å². The number of amides is 1. The van der Waals surface area contributed by atoms with Crippen molar-refractivity contribution in [2.75, 3.05) is 6.54 Å². The summed E-state index contributed by atoms with van der Waals surface area (Å²) in [5.41, 5.74) is 0.372. The van der Waals surface area contributed by atoms with E-state index in [1.807, 2.05) is 30.3 Å². The number of aromatic nitrogens is 2. The second-order valence-electron chi connectivity index (χ2n) is 6.06. The van der Waals surface area contributed by atoms with E-state index in [0.717, 1.165) is 35.8 Å². The maximum Gasteiger partial charge on any atom is 0.336 e. The Labute approximate surface area is 146 Å². The molecule has 2 aromatic rings. The minimum Gasteiger partial charge on any atom is -0.337 e. The second-order valence-corrected chi connectivity index (χ2v) is 6.06. The summed E-state index contributed by atoms with van der Waals surface area (Å²) in [6.45, 7) is 2.64. The van der Waals surface area contributed by atoms with Crippen LogP contribution < -0.4 is 16.6 Å². The molecule has 25 heavy (non-hydrogen) atoms. The number of nitrogens with one attached hydrogen (secondary N) is 2. The van der Waals surface area contributed by atoms with Crippen LogP contribution in [0.25, 0.3) is 0 Å². The maximum absolute atomic E-state index is 12.2. The number of hydrogen-bond donors (Lipinski definition) is 2. The molecule has 134 valence electrons. The molecule has 0 bridgehead atoms. The SMILES string of the molecule is CCCCCCNC(=O)n1cc(CCc2ccccc2)c(=O)[nH]c1=O. The molecule has 0 saturated carbocycles. The lowest BCUT2D eigenvalue weighted by molar-refractivity contribution is 0.241. The number of carbonyl (C=O) groups is 1. The molecule has 0 unspecified atom stereocenters. The number of hydrogen-bond acceptors (Lipinski definition) is 3. The molecule has 2 rings (SSSR count). The molecule has 0 fully saturated rings. The third-order valence-corrected chi connectivity index (χ3v) is 4.07. The van der Waals surface area contributed by atoms with Crippen LogP contribution >= 0.6 is 0 Å². The zero-order valence-electron chi connectivity index (χ0n) is 14.6. The quantitative estimate of drug-likeness (QED) is 0.722. The van der Waals surface area contributed by atoms with Gasteiger partial charge in [0.1, 0.15) is 0 Å². The Morgan fingerprint density at radius 1 is 1.08 bits per heavy atom. The van der Waals surface area contributed by atoms with E-state index in [1.54, 1.807) is 0 Å². The Morgan fingerprint density at radius 3 is 2.56 bits per heavy atom. The van der Waals surface area contributed by atoms with Crippen LogP contribution in [-0.4, -0.2) is 22.1 Å². The normalized spacial score (nSPS) is 10.6. The van der Waals surface area contributed by atoms with Crippen LogP contribution in [0.3, 0.4) is 0 Å². The van der Waals surface area contributed by atoms with Gasteiger partial charge in [0, 0.05) is 18.3 Å². The average molecular weight is 343 g/mol. The molecular weight excluding hydrogens is 318 g/mol. The zero-order valence-corrected chi connectivity index (χ0v) is 14.6. The van der Waals surface area contributed by atoms with Crippen LogP contribution in [0.5, 0.6) is 0 Å². The van der Waals surface area contributed by atoms with Gasteiger partial charge in [0.15, 0.2) is 0 Å². The van der Waals surface area contributed by atoms with Crippen molar-refractivity contribution >= 4 is 6.03 Å². The molecule has 1 heterocycles. The summed E-state index contributed by atoms with van der Waals surface area (Å²) in [4.78, 5) is 38.2. The van der Waals surface area contributed by atoms with E-state index in [9.17, 15) is 14.4 Å². The number of aryl methyl sites for hydroxylation is 2. The Kier molecular flexibility index (Phi) is 7.19. The summed E-state index contributed by atoms with van der Waals surface area (Å²) >= 11 is 0. The van der Waals surface area contributed by atoms with E-state index < -0.39 is 17.3 Å². The highest BCUT2D eigenvalue weighted by atomic mass is 16.2. The molecular formula is C19H25N3O3. The smallest absolute Gasteiger partial charge is 0.336 e. The number of aromatic amines is 1. The Hall–Kier alpha value is -2.63. The lowest BCUT2D eigenvalue weighted by Gasteiger charge is -2.08. The molecule has 0 spiro atoms. The van der Waals surface area contributed by atoms with E-state index >= 15 is 0 Å². The summed E-state index contributed by atoms with van der Waals surface area (Å²) < 4.78 is 0.946. The Morgan fingerprint density at radius 2 is 1.84 bits per heavy atom. The van der Waals surface area contributed by atoms with Crippen molar-refractivity contribution in [1.29, 1.82) is 0 Å². The van der Waals surface area contributed by atoms with Gasteiger partial charge in [-0.15, -0.1) is 0 Å². The van der Waals surface area contributed by atoms with E-state index in [1.165, 1.54) is 6.20 Å². The molecule has 0 atom stereocenters. The number of carbonyl (C=O) groups excluding carboxylic acids is 1. The van der Waals surface area contributed by atoms with E-state index in [0.29, 0.717) is 24.9 Å². The van der Waals surface area contributed by atoms with Crippen LogP contribution in [0.1, 0.15) is 43.7 Å². The van der Waals surface area contributed by atoms with Crippen LogP contribution in [0.2, 0.25) is 0 Å². The number of unbranched alkanes of at least 4 members (excludes halogenated alkanes) is 3. The van der Waals surface area contributed by atoms with Crippen molar-refractivity contribution in [3.63, 3.8) is 0 Å². The van der Waals surface area contributed by atoms with Gasteiger partial charge >= 0.3 is 11.7 Å². The summed E-state index contributed by atoms with van der Waals surface area (Å²) in [7, 11) is 0. The number of H-pyrrole nitrogens is 1. The van der Waals surface area contributed by atoms with Crippen LogP contribution in [0.4, 0.5) is 4.79 Å². The summed E-state index contributed by atoms with van der Waals surface area (Å²) in [6, 6.07) is 9.26. The van der Waals surface area contributed by atoms with Crippen molar-refractivity contribution in [3.05, 3.63) is 68.5 Å². The maximum atomic E-state index is 12.2. The first-order chi connectivity index (χ1) is 12.1. The third-order valence-electron chi connectivity index (χ3n) is 4.07. The number of benzene rings is 1. The summed E-state index contributed by atoms with van der Waals surface area (Å²) in [5.74, 6) is 0. The van der Waals surface area contributed by atoms with Gasteiger partial charge in [-0.1, -0.05) is 56.5 Å². The van der Waals surface area contributed by atoms with Gasteiger partial charge in [-0.05, 0) is 24.8 Å². The zero-order chi connectivity index (χ0) is 18.1.